The molecule has 0 amide bonds. The molecule has 0 radical (unpaired) electrons. The van der Waals surface area contributed by atoms with Gasteiger partial charge in [0.2, 0.25) is 0 Å². The van der Waals surface area contributed by atoms with Crippen molar-refractivity contribution in [2.24, 2.45) is 34.3 Å². The molecule has 222 valence electrons. The fourth-order valence-corrected chi connectivity index (χ4v) is 8.75. The van der Waals surface area contributed by atoms with Gasteiger partial charge < -0.3 is 30.2 Å². The molecule has 1 heterocycles. The Morgan fingerprint density at radius 3 is 2.59 bits per heavy atom. The lowest BCUT2D eigenvalue weighted by molar-refractivity contribution is -0.206. The average Bonchev–Trinajstić information content (AvgIpc) is 3.41. The molecule has 1 saturated heterocycles. The zero-order chi connectivity index (χ0) is 29.7. The second-order valence-electron chi connectivity index (χ2n) is 13.2. The van der Waals surface area contributed by atoms with Gasteiger partial charge in [-0.15, -0.1) is 0 Å². The summed E-state index contributed by atoms with van der Waals surface area (Å²) in [7, 11) is 0. The Morgan fingerprint density at radius 1 is 1.22 bits per heavy atom. The summed E-state index contributed by atoms with van der Waals surface area (Å²) in [4.78, 5) is 26.2. The highest BCUT2D eigenvalue weighted by molar-refractivity contribution is 5.91. The summed E-state index contributed by atoms with van der Waals surface area (Å²) >= 11 is 0. The molecule has 8 nitrogen and oxygen atoms in total. The Morgan fingerprint density at radius 2 is 1.93 bits per heavy atom. The number of aliphatic hydroxyl groups excluding tert-OH is 2. The van der Waals surface area contributed by atoms with E-state index in [0.29, 0.717) is 35.4 Å². The van der Waals surface area contributed by atoms with Crippen LogP contribution in [0.5, 0.6) is 0 Å². The number of hydrogen-bond acceptors (Lipinski definition) is 8. The first-order chi connectivity index (χ1) is 19.4. The average molecular weight is 566 g/mol. The maximum absolute atomic E-state index is 13.6. The van der Waals surface area contributed by atoms with Crippen molar-refractivity contribution < 1.29 is 34.0 Å². The number of esters is 1. The van der Waals surface area contributed by atoms with Gasteiger partial charge in [0.25, 0.3) is 0 Å². The Kier molecular flexibility index (Phi) is 7.83. The van der Waals surface area contributed by atoms with Crippen molar-refractivity contribution in [1.29, 1.82) is 0 Å². The van der Waals surface area contributed by atoms with E-state index in [9.17, 15) is 19.8 Å². The molecular weight excluding hydrogens is 522 g/mol. The third kappa shape index (κ3) is 4.79. The van der Waals surface area contributed by atoms with E-state index in [2.05, 4.69) is 20.4 Å². The highest BCUT2D eigenvalue weighted by Crippen LogP contribution is 2.69. The van der Waals surface area contributed by atoms with Crippen molar-refractivity contribution in [2.75, 3.05) is 6.61 Å². The Hall–Kier alpha value is -2.78. The first-order valence-corrected chi connectivity index (χ1v) is 14.6. The molecule has 4 N–H and O–H groups in total. The number of carbonyl (C=O) groups is 2. The second kappa shape index (κ2) is 10.8. The molecule has 1 aromatic rings. The van der Waals surface area contributed by atoms with Crippen LogP contribution >= 0.6 is 0 Å². The minimum Gasteiger partial charge on any atom is -0.428 e. The minimum atomic E-state index is -1.36. The molecule has 3 aliphatic carbocycles. The number of hydrogen-bond donors (Lipinski definition) is 3. The predicted octanol–water partition coefficient (Wildman–Crippen LogP) is 4.72. The van der Waals surface area contributed by atoms with Gasteiger partial charge in [-0.3, -0.25) is 4.79 Å². The lowest BCUT2D eigenvalue weighted by atomic mass is 9.48. The van der Waals surface area contributed by atoms with Crippen LogP contribution in [0.4, 0.5) is 0 Å². The van der Waals surface area contributed by atoms with E-state index < -0.39 is 47.9 Å². The zero-order valence-electron chi connectivity index (χ0n) is 24.5. The van der Waals surface area contributed by atoms with Crippen LogP contribution < -0.4 is 5.73 Å². The Bertz CT molecular complexity index is 1270. The van der Waals surface area contributed by atoms with Gasteiger partial charge in [-0.1, -0.05) is 52.0 Å². The van der Waals surface area contributed by atoms with Gasteiger partial charge in [0.15, 0.2) is 17.7 Å². The largest absolute Gasteiger partial charge is 0.428 e. The summed E-state index contributed by atoms with van der Waals surface area (Å²) in [5.41, 5.74) is 5.19. The van der Waals surface area contributed by atoms with E-state index in [0.717, 1.165) is 19.3 Å². The summed E-state index contributed by atoms with van der Waals surface area (Å²) in [5, 5.41) is 21.6. The monoisotopic (exact) mass is 565 g/mol. The van der Waals surface area contributed by atoms with Crippen molar-refractivity contribution >= 4 is 11.8 Å². The van der Waals surface area contributed by atoms with Gasteiger partial charge in [-0.05, 0) is 80.1 Å². The van der Waals surface area contributed by atoms with Gasteiger partial charge in [0.05, 0.1) is 17.8 Å². The van der Waals surface area contributed by atoms with Gasteiger partial charge in [-0.25, -0.2) is 4.79 Å². The number of aliphatic hydroxyl groups is 2. The molecule has 1 aromatic carbocycles. The number of Topliss-reactive ketones (excluding diaryl/α,β-unsaturated/α-hetero) is 1. The highest BCUT2D eigenvalue weighted by Gasteiger charge is 2.75. The minimum absolute atomic E-state index is 0.0197. The summed E-state index contributed by atoms with van der Waals surface area (Å²) in [6.07, 6.45) is 6.97. The second-order valence-corrected chi connectivity index (χ2v) is 13.2. The van der Waals surface area contributed by atoms with Crippen LogP contribution in [-0.2, 0) is 19.0 Å². The standard InChI is InChI=1S/C33H43NO7/c1-6-8-22(34)15-19(2)39-29(38)20-10-12-21(13-11-20)30-40-27-16-24-23-9-7-14-31(3,4)28(23)25(36)17-32(24,5)33(27,41-30)26(37)18-35/h6,8,10-13,15,23-25,27-28,30,35-36H,1,7,9,14,16-18,34H2,2-5H3/b19-15+,22-8+/t23?,24?,25?,27-,28?,30-,32?,33-/m1/s1. The molecule has 8 heteroatoms. The molecule has 1 aliphatic heterocycles. The van der Waals surface area contributed by atoms with Crippen molar-refractivity contribution in [3.63, 3.8) is 0 Å². The number of benzene rings is 1. The lowest BCUT2D eigenvalue weighted by Gasteiger charge is -2.58. The summed E-state index contributed by atoms with van der Waals surface area (Å²) < 4.78 is 18.5. The quantitative estimate of drug-likeness (QED) is 0.246. The van der Waals surface area contributed by atoms with Gasteiger partial charge in [-0.2, -0.15) is 0 Å². The molecule has 8 atom stereocenters. The van der Waals surface area contributed by atoms with E-state index in [1.54, 1.807) is 43.3 Å². The van der Waals surface area contributed by atoms with Crippen LogP contribution in [0.2, 0.25) is 0 Å². The third-order valence-corrected chi connectivity index (χ3v) is 10.4. The number of rotatable bonds is 7. The van der Waals surface area contributed by atoms with Crippen LogP contribution in [0.15, 0.2) is 60.5 Å². The van der Waals surface area contributed by atoms with Crippen LogP contribution in [-0.4, -0.2) is 46.4 Å². The van der Waals surface area contributed by atoms with Gasteiger partial charge in [0, 0.05) is 16.7 Å². The molecule has 3 saturated carbocycles. The van der Waals surface area contributed by atoms with E-state index in [-0.39, 0.29) is 23.2 Å². The van der Waals surface area contributed by atoms with Gasteiger partial charge in [0.1, 0.15) is 12.4 Å². The van der Waals surface area contributed by atoms with Crippen molar-refractivity contribution in [1.82, 2.24) is 0 Å². The first-order valence-electron chi connectivity index (χ1n) is 14.6. The normalized spacial score (nSPS) is 38.0. The molecular formula is C33H43NO7. The number of fused-ring (bicyclic) bond motifs is 5. The molecule has 5 rings (SSSR count). The fourth-order valence-electron chi connectivity index (χ4n) is 8.75. The SMILES string of the molecule is C=C/C=C(N)\C=C(/C)OC(=O)c1ccc([C@@H]2O[C@@H]3CC4C5CCCC(C)(C)C5C(O)CC4(C)[C@]3(C(=O)CO)O2)cc1. The molecule has 5 unspecified atom stereocenters. The molecule has 0 bridgehead atoms. The number of carbonyl (C=O) groups excluding carboxylic acids is 2. The van der Waals surface area contributed by atoms with E-state index >= 15 is 0 Å². The Labute approximate surface area is 242 Å². The highest BCUT2D eigenvalue weighted by atomic mass is 16.7. The summed E-state index contributed by atoms with van der Waals surface area (Å²) in [6, 6.07) is 6.69. The Balaban J connectivity index is 1.38. The van der Waals surface area contributed by atoms with Crippen LogP contribution in [0.1, 0.15) is 82.0 Å². The molecule has 4 aliphatic rings. The van der Waals surface area contributed by atoms with Crippen LogP contribution in [0.3, 0.4) is 0 Å². The van der Waals surface area contributed by atoms with E-state index in [4.69, 9.17) is 19.9 Å². The lowest BCUT2D eigenvalue weighted by Crippen LogP contribution is -2.63. The van der Waals surface area contributed by atoms with Crippen LogP contribution in [0.25, 0.3) is 0 Å². The maximum Gasteiger partial charge on any atom is 0.343 e. The smallest absolute Gasteiger partial charge is 0.343 e. The third-order valence-electron chi connectivity index (χ3n) is 10.4. The van der Waals surface area contributed by atoms with Crippen molar-refractivity contribution in [3.05, 3.63) is 71.7 Å². The first kappa shape index (κ1) is 29.7. The molecule has 0 aromatic heterocycles. The van der Waals surface area contributed by atoms with Crippen LogP contribution in [0, 0.1) is 28.6 Å². The van der Waals surface area contributed by atoms with E-state index in [1.807, 2.05) is 6.92 Å². The number of ketones is 1. The summed E-state index contributed by atoms with van der Waals surface area (Å²) in [6.45, 7) is 11.1. The summed E-state index contributed by atoms with van der Waals surface area (Å²) in [5.74, 6) is -0.0348. The number of nitrogens with two attached hydrogens (primary N) is 1. The van der Waals surface area contributed by atoms with Crippen molar-refractivity contribution in [3.8, 4) is 0 Å². The van der Waals surface area contributed by atoms with Gasteiger partial charge >= 0.3 is 5.97 Å². The molecule has 0 spiro atoms. The number of ether oxygens (including phenoxy) is 3. The van der Waals surface area contributed by atoms with E-state index in [1.165, 1.54) is 6.08 Å². The number of allylic oxidation sites excluding steroid dienone is 4. The zero-order valence-corrected chi connectivity index (χ0v) is 24.5. The molecule has 4 fully saturated rings. The topological polar surface area (TPSA) is 128 Å². The maximum atomic E-state index is 13.6. The van der Waals surface area contributed by atoms with Crippen molar-refractivity contribution in [2.45, 2.75) is 83.9 Å². The fraction of sp³-hybridized carbons (Fsp3) is 0.576. The predicted molar refractivity (Wildman–Crippen MR) is 153 cm³/mol. The molecule has 41 heavy (non-hydrogen) atoms.